The second kappa shape index (κ2) is 8.11. The number of methoxy groups -OCH3 is 1. The zero-order chi connectivity index (χ0) is 17.0. The van der Waals surface area contributed by atoms with E-state index in [-0.39, 0.29) is 14.9 Å². The highest BCUT2D eigenvalue weighted by Crippen LogP contribution is 2.40. The molecule has 0 spiro atoms. The van der Waals surface area contributed by atoms with Crippen LogP contribution in [0.15, 0.2) is 12.2 Å². The van der Waals surface area contributed by atoms with Gasteiger partial charge in [-0.25, -0.2) is 0 Å². The molecule has 0 aromatic heterocycles. The number of ether oxygens (including phenoxy) is 1. The summed E-state index contributed by atoms with van der Waals surface area (Å²) in [7, 11) is 1.78. The van der Waals surface area contributed by atoms with Crippen LogP contribution in [0.4, 0.5) is 4.79 Å². The van der Waals surface area contributed by atoms with Crippen LogP contribution in [-0.4, -0.2) is 59.1 Å². The van der Waals surface area contributed by atoms with E-state index in [1.807, 2.05) is 27.5 Å². The molecule has 0 aromatic carbocycles. The fourth-order valence-corrected chi connectivity index (χ4v) is 3.76. The fourth-order valence-electron chi connectivity index (χ4n) is 3.28. The summed E-state index contributed by atoms with van der Waals surface area (Å²) in [4.78, 5) is 15.8. The Labute approximate surface area is 149 Å². The van der Waals surface area contributed by atoms with Gasteiger partial charge in [-0.05, 0) is 33.6 Å². The minimum Gasteiger partial charge on any atom is -0.379 e. The highest BCUT2D eigenvalue weighted by Gasteiger charge is 2.38. The van der Waals surface area contributed by atoms with Gasteiger partial charge in [0.25, 0.3) is 3.91 Å². The summed E-state index contributed by atoms with van der Waals surface area (Å²) in [5.74, 6) is 0. The van der Waals surface area contributed by atoms with Gasteiger partial charge in [0.1, 0.15) is 0 Å². The molecule has 1 heterocycles. The average molecular weight is 422 g/mol. The van der Waals surface area contributed by atoms with Crippen LogP contribution < -0.4 is 0 Å². The maximum atomic E-state index is 11.4. The van der Waals surface area contributed by atoms with Gasteiger partial charge in [-0.3, -0.25) is 9.69 Å². The summed E-state index contributed by atoms with van der Waals surface area (Å²) in [5.41, 5.74) is 1.14. The minimum absolute atomic E-state index is 0.0655. The number of piperazine rings is 1. The zero-order valence-electron chi connectivity index (χ0n) is 14.7. The molecule has 0 bridgehead atoms. The van der Waals surface area contributed by atoms with Crippen LogP contribution in [-0.2, 0) is 4.74 Å². The fraction of sp³-hybridized carbons (Fsp3) is 0.824. The Morgan fingerprint density at radius 2 is 1.82 bits per heavy atom. The molecule has 0 aliphatic carbocycles. The molecule has 5 heteroatoms. The van der Waals surface area contributed by atoms with Crippen molar-refractivity contribution in [2.75, 3.05) is 39.8 Å². The molecule has 1 amide bonds. The molecular formula is C17H31IN2O2. The maximum Gasteiger partial charge on any atom is 0.283 e. The van der Waals surface area contributed by atoms with E-state index in [4.69, 9.17) is 4.74 Å². The number of amides is 1. The van der Waals surface area contributed by atoms with Crippen molar-refractivity contribution in [3.8, 4) is 0 Å². The van der Waals surface area contributed by atoms with Crippen molar-refractivity contribution in [3.63, 3.8) is 0 Å². The number of hydrogen-bond acceptors (Lipinski definition) is 3. The highest BCUT2D eigenvalue weighted by molar-refractivity contribution is 14.1. The van der Waals surface area contributed by atoms with E-state index in [2.05, 4.69) is 39.2 Å². The zero-order valence-corrected chi connectivity index (χ0v) is 16.9. The van der Waals surface area contributed by atoms with Crippen LogP contribution in [0, 0.1) is 5.41 Å². The van der Waals surface area contributed by atoms with Crippen LogP contribution in [0.5, 0.6) is 0 Å². The molecule has 4 nitrogen and oxygen atoms in total. The summed E-state index contributed by atoms with van der Waals surface area (Å²) in [6.45, 7) is 17.5. The number of halogens is 1. The van der Waals surface area contributed by atoms with E-state index in [9.17, 15) is 4.79 Å². The second-order valence-electron chi connectivity index (χ2n) is 7.07. The van der Waals surface area contributed by atoms with E-state index in [0.29, 0.717) is 0 Å². The average Bonchev–Trinajstić information content (AvgIpc) is 2.46. The Kier molecular flexibility index (Phi) is 7.33. The number of hydrogen-bond donors (Lipinski definition) is 0. The first-order valence-corrected chi connectivity index (χ1v) is 9.11. The standard InChI is InChI=1S/C17H31IN2O2/c1-7-17(14(2)3,12-16(4,5)22-6)13-19-8-10-20(11-9-19)15(18)21/h2,7-13H2,1,3-6H3. The van der Waals surface area contributed by atoms with Gasteiger partial charge in [0, 0.05) is 67.8 Å². The molecule has 1 fully saturated rings. The van der Waals surface area contributed by atoms with Crippen molar-refractivity contribution >= 4 is 26.5 Å². The number of carbonyl (C=O) groups excluding carboxylic acids is 1. The van der Waals surface area contributed by atoms with E-state index < -0.39 is 0 Å². The SMILES string of the molecule is C=C(C)C(CC)(CN1CCN(C(=O)I)CC1)CC(C)(C)OC. The van der Waals surface area contributed by atoms with Gasteiger partial charge >= 0.3 is 0 Å². The van der Waals surface area contributed by atoms with Gasteiger partial charge in [-0.2, -0.15) is 0 Å². The van der Waals surface area contributed by atoms with Crippen LogP contribution >= 0.6 is 22.6 Å². The van der Waals surface area contributed by atoms with E-state index in [1.165, 1.54) is 5.57 Å². The van der Waals surface area contributed by atoms with Crippen molar-refractivity contribution in [3.05, 3.63) is 12.2 Å². The number of carbonyl (C=O) groups is 1. The molecule has 128 valence electrons. The highest BCUT2D eigenvalue weighted by atomic mass is 127. The number of rotatable bonds is 7. The number of nitrogens with zero attached hydrogens (tertiary/aromatic N) is 2. The summed E-state index contributed by atoms with van der Waals surface area (Å²) in [6, 6.07) is 0. The first kappa shape index (κ1) is 19.9. The Morgan fingerprint density at radius 1 is 1.27 bits per heavy atom. The molecule has 1 aliphatic rings. The lowest BCUT2D eigenvalue weighted by Crippen LogP contribution is -2.51. The topological polar surface area (TPSA) is 32.8 Å². The molecule has 0 saturated carbocycles. The summed E-state index contributed by atoms with van der Waals surface area (Å²) < 4.78 is 5.82. The molecule has 1 unspecified atom stereocenters. The lowest BCUT2D eigenvalue weighted by atomic mass is 9.71. The lowest BCUT2D eigenvalue weighted by molar-refractivity contribution is -0.0231. The van der Waals surface area contributed by atoms with Crippen LogP contribution in [0.2, 0.25) is 0 Å². The van der Waals surface area contributed by atoms with E-state index in [0.717, 1.165) is 45.6 Å². The van der Waals surface area contributed by atoms with Gasteiger partial charge in [0.2, 0.25) is 0 Å². The van der Waals surface area contributed by atoms with Crippen molar-refractivity contribution < 1.29 is 9.53 Å². The van der Waals surface area contributed by atoms with Crippen molar-refractivity contribution in [2.24, 2.45) is 5.41 Å². The molecule has 1 atom stereocenters. The van der Waals surface area contributed by atoms with Crippen molar-refractivity contribution in [2.45, 2.75) is 46.1 Å². The third-order valence-electron chi connectivity index (χ3n) is 5.05. The molecule has 22 heavy (non-hydrogen) atoms. The Bertz CT molecular complexity index is 403. The largest absolute Gasteiger partial charge is 0.379 e. The molecule has 1 rings (SSSR count). The first-order valence-electron chi connectivity index (χ1n) is 8.04. The molecule has 1 aliphatic heterocycles. The molecule has 0 aromatic rings. The van der Waals surface area contributed by atoms with E-state index >= 15 is 0 Å². The summed E-state index contributed by atoms with van der Waals surface area (Å²) >= 11 is 1.88. The van der Waals surface area contributed by atoms with Gasteiger partial charge in [0.05, 0.1) is 5.60 Å². The molecule has 0 N–H and O–H groups in total. The minimum atomic E-state index is -0.158. The second-order valence-corrected chi connectivity index (χ2v) is 7.99. The van der Waals surface area contributed by atoms with Crippen LogP contribution in [0.1, 0.15) is 40.5 Å². The Hall–Kier alpha value is -0.140. The van der Waals surface area contributed by atoms with Crippen LogP contribution in [0.3, 0.4) is 0 Å². The summed E-state index contributed by atoms with van der Waals surface area (Å²) in [5, 5.41) is 0. The third kappa shape index (κ3) is 5.20. The van der Waals surface area contributed by atoms with Crippen molar-refractivity contribution in [1.29, 1.82) is 0 Å². The summed E-state index contributed by atoms with van der Waals surface area (Å²) in [6.07, 6.45) is 2.02. The van der Waals surface area contributed by atoms with Gasteiger partial charge in [-0.1, -0.05) is 19.1 Å². The Morgan fingerprint density at radius 3 is 2.18 bits per heavy atom. The smallest absolute Gasteiger partial charge is 0.283 e. The lowest BCUT2D eigenvalue weighted by Gasteiger charge is -2.45. The van der Waals surface area contributed by atoms with Crippen molar-refractivity contribution in [1.82, 2.24) is 9.80 Å². The van der Waals surface area contributed by atoms with Gasteiger partial charge in [0.15, 0.2) is 0 Å². The molecule has 1 saturated heterocycles. The first-order chi connectivity index (χ1) is 10.2. The maximum absolute atomic E-state index is 11.4. The third-order valence-corrected chi connectivity index (χ3v) is 5.73. The predicted octanol–water partition coefficient (Wildman–Crippen LogP) is 3.95. The Balaban J connectivity index is 2.78. The molecular weight excluding hydrogens is 391 g/mol. The molecule has 0 radical (unpaired) electrons. The van der Waals surface area contributed by atoms with Crippen LogP contribution in [0.25, 0.3) is 0 Å². The van der Waals surface area contributed by atoms with Gasteiger partial charge in [-0.15, -0.1) is 0 Å². The quantitative estimate of drug-likeness (QED) is 0.270. The van der Waals surface area contributed by atoms with E-state index in [1.54, 1.807) is 7.11 Å². The van der Waals surface area contributed by atoms with Gasteiger partial charge < -0.3 is 9.64 Å². The predicted molar refractivity (Wildman–Crippen MR) is 101 cm³/mol. The monoisotopic (exact) mass is 422 g/mol. The normalized spacial score (nSPS) is 19.8.